The van der Waals surface area contributed by atoms with Crippen LogP contribution in [0, 0.1) is 0 Å². The second-order valence-electron chi connectivity index (χ2n) is 4.70. The summed E-state index contributed by atoms with van der Waals surface area (Å²) in [5.74, 6) is -1.92. The van der Waals surface area contributed by atoms with Crippen LogP contribution < -0.4 is 5.73 Å². The van der Waals surface area contributed by atoms with Crippen LogP contribution in [0.25, 0.3) is 10.4 Å². The Morgan fingerprint density at radius 3 is 2.74 bits per heavy atom. The molecule has 0 aromatic heterocycles. The highest BCUT2D eigenvalue weighted by molar-refractivity contribution is 5.86. The van der Waals surface area contributed by atoms with Gasteiger partial charge in [0.25, 0.3) is 0 Å². The van der Waals surface area contributed by atoms with E-state index in [1.54, 1.807) is 0 Å². The van der Waals surface area contributed by atoms with E-state index in [0.29, 0.717) is 0 Å². The normalized spacial score (nSPS) is 26.0. The van der Waals surface area contributed by atoms with Crippen molar-refractivity contribution in [2.24, 2.45) is 10.8 Å². The van der Waals surface area contributed by atoms with Gasteiger partial charge in [-0.2, -0.15) is 0 Å². The number of hydrogen-bond acceptors (Lipinski definition) is 9. The van der Waals surface area contributed by atoms with Gasteiger partial charge < -0.3 is 30.2 Å². The third-order valence-electron chi connectivity index (χ3n) is 3.12. The standard InChI is InChI=1S/C12H18N4O7/c1-5(18)22-10(7(19)4-17)11-9(13)6(15-16-14)3-8(23-11)12(20)21-2/h3,6-7,9-11,17,19H,4,13H2,1-2H3/t6-,7+,9+,10+,11+/m0/s1. The number of nitrogens with two attached hydrogens (primary N) is 1. The van der Waals surface area contributed by atoms with Crippen LogP contribution in [0.15, 0.2) is 16.9 Å². The lowest BCUT2D eigenvalue weighted by molar-refractivity contribution is -0.171. The maximum Gasteiger partial charge on any atom is 0.372 e. The quantitative estimate of drug-likeness (QED) is 0.233. The molecule has 128 valence electrons. The van der Waals surface area contributed by atoms with Crippen LogP contribution in [0.4, 0.5) is 0 Å². The zero-order chi connectivity index (χ0) is 17.6. The molecule has 1 aliphatic rings. The zero-order valence-electron chi connectivity index (χ0n) is 12.5. The fourth-order valence-electron chi connectivity index (χ4n) is 2.06. The zero-order valence-corrected chi connectivity index (χ0v) is 12.5. The molecule has 0 saturated carbocycles. The third-order valence-corrected chi connectivity index (χ3v) is 3.12. The van der Waals surface area contributed by atoms with Gasteiger partial charge >= 0.3 is 11.9 Å². The summed E-state index contributed by atoms with van der Waals surface area (Å²) in [7, 11) is 1.12. The second-order valence-corrected chi connectivity index (χ2v) is 4.70. The molecule has 0 spiro atoms. The fourth-order valence-corrected chi connectivity index (χ4v) is 2.06. The third kappa shape index (κ3) is 4.57. The van der Waals surface area contributed by atoms with Gasteiger partial charge in [-0.25, -0.2) is 4.79 Å². The Hall–Kier alpha value is -2.33. The van der Waals surface area contributed by atoms with Crippen molar-refractivity contribution >= 4 is 11.9 Å². The van der Waals surface area contributed by atoms with E-state index in [1.165, 1.54) is 6.08 Å². The van der Waals surface area contributed by atoms with E-state index in [9.17, 15) is 14.7 Å². The number of methoxy groups -OCH3 is 1. The van der Waals surface area contributed by atoms with Crippen LogP contribution in [0.2, 0.25) is 0 Å². The highest BCUT2D eigenvalue weighted by atomic mass is 16.6. The van der Waals surface area contributed by atoms with E-state index in [2.05, 4.69) is 14.8 Å². The Balaban J connectivity index is 3.20. The molecule has 0 aromatic rings. The van der Waals surface area contributed by atoms with E-state index in [-0.39, 0.29) is 5.76 Å². The van der Waals surface area contributed by atoms with Crippen LogP contribution in [0.5, 0.6) is 0 Å². The number of azide groups is 1. The lowest BCUT2D eigenvalue weighted by Crippen LogP contribution is -2.58. The number of rotatable bonds is 6. The van der Waals surface area contributed by atoms with E-state index >= 15 is 0 Å². The topological polar surface area (TPSA) is 177 Å². The number of esters is 2. The van der Waals surface area contributed by atoms with Gasteiger partial charge in [0.1, 0.15) is 6.10 Å². The largest absolute Gasteiger partial charge is 0.478 e. The fraction of sp³-hybridized carbons (Fsp3) is 0.667. The number of ether oxygens (including phenoxy) is 3. The van der Waals surface area contributed by atoms with Crippen LogP contribution >= 0.6 is 0 Å². The molecule has 11 heteroatoms. The Labute approximate surface area is 131 Å². The minimum Gasteiger partial charge on any atom is -0.478 e. The summed E-state index contributed by atoms with van der Waals surface area (Å²) in [6.07, 6.45) is -2.96. The van der Waals surface area contributed by atoms with Crippen molar-refractivity contribution < 1.29 is 34.0 Å². The van der Waals surface area contributed by atoms with Gasteiger partial charge in [0, 0.05) is 11.8 Å². The Bertz CT molecular complexity index is 532. The predicted molar refractivity (Wildman–Crippen MR) is 74.5 cm³/mol. The highest BCUT2D eigenvalue weighted by Crippen LogP contribution is 2.25. The van der Waals surface area contributed by atoms with Crippen LogP contribution in [0.1, 0.15) is 6.92 Å². The van der Waals surface area contributed by atoms with Crippen molar-refractivity contribution in [3.8, 4) is 0 Å². The highest BCUT2D eigenvalue weighted by Gasteiger charge is 2.43. The SMILES string of the molecule is COC(=O)C1=C[C@H](N=[N+]=[N-])[C@@H](N)[C@H]([C@H](OC(C)=O)[C@H](O)CO)O1. The molecule has 4 N–H and O–H groups in total. The van der Waals surface area contributed by atoms with Crippen molar-refractivity contribution in [3.63, 3.8) is 0 Å². The van der Waals surface area contributed by atoms with Gasteiger partial charge in [-0.05, 0) is 11.6 Å². The first-order chi connectivity index (χ1) is 10.8. The first-order valence-electron chi connectivity index (χ1n) is 6.58. The van der Waals surface area contributed by atoms with Crippen LogP contribution in [-0.2, 0) is 23.8 Å². The van der Waals surface area contributed by atoms with Gasteiger partial charge in [-0.3, -0.25) is 4.79 Å². The smallest absolute Gasteiger partial charge is 0.372 e. The molecule has 0 amide bonds. The molecule has 0 radical (unpaired) electrons. The van der Waals surface area contributed by atoms with Gasteiger partial charge in [0.2, 0.25) is 5.76 Å². The Morgan fingerprint density at radius 2 is 2.26 bits per heavy atom. The minimum atomic E-state index is -1.52. The maximum atomic E-state index is 11.6. The van der Waals surface area contributed by atoms with Gasteiger partial charge in [0.15, 0.2) is 12.2 Å². The molecule has 0 fully saturated rings. The molecule has 0 unspecified atom stereocenters. The number of carbonyl (C=O) groups is 2. The lowest BCUT2D eigenvalue weighted by atomic mass is 9.93. The van der Waals surface area contributed by atoms with Gasteiger partial charge in [-0.1, -0.05) is 5.11 Å². The average Bonchev–Trinajstić information content (AvgIpc) is 2.53. The lowest BCUT2D eigenvalue weighted by Gasteiger charge is -2.38. The number of hydrogen-bond donors (Lipinski definition) is 3. The maximum absolute atomic E-state index is 11.6. The Morgan fingerprint density at radius 1 is 1.61 bits per heavy atom. The molecule has 1 heterocycles. The molecule has 1 rings (SSSR count). The minimum absolute atomic E-state index is 0.307. The molecular formula is C12H18N4O7. The van der Waals surface area contributed by atoms with Crippen LogP contribution in [0.3, 0.4) is 0 Å². The summed E-state index contributed by atoms with van der Waals surface area (Å²) in [6, 6.07) is -2.04. The predicted octanol–water partition coefficient (Wildman–Crippen LogP) is -1.27. The van der Waals surface area contributed by atoms with Crippen molar-refractivity contribution in [3.05, 3.63) is 22.3 Å². The molecule has 5 atom stereocenters. The number of aliphatic hydroxyl groups is 2. The molecule has 0 saturated heterocycles. The molecule has 23 heavy (non-hydrogen) atoms. The molecular weight excluding hydrogens is 312 g/mol. The van der Waals surface area contributed by atoms with Crippen molar-refractivity contribution in [2.45, 2.75) is 37.3 Å². The van der Waals surface area contributed by atoms with Gasteiger partial charge in [-0.15, -0.1) is 0 Å². The summed E-state index contributed by atoms with van der Waals surface area (Å²) >= 11 is 0. The first-order valence-corrected chi connectivity index (χ1v) is 6.58. The molecule has 11 nitrogen and oxygen atoms in total. The monoisotopic (exact) mass is 330 g/mol. The summed E-state index contributed by atoms with van der Waals surface area (Å²) in [5, 5.41) is 22.4. The van der Waals surface area contributed by atoms with Gasteiger partial charge in [0.05, 0.1) is 25.8 Å². The number of aliphatic hydroxyl groups excluding tert-OH is 2. The van der Waals surface area contributed by atoms with E-state index in [4.69, 9.17) is 25.8 Å². The summed E-state index contributed by atoms with van der Waals surface area (Å²) in [4.78, 5) is 25.5. The van der Waals surface area contributed by atoms with Crippen LogP contribution in [-0.4, -0.2) is 66.3 Å². The van der Waals surface area contributed by atoms with E-state index in [0.717, 1.165) is 14.0 Å². The Kier molecular flexibility index (Phi) is 6.79. The molecule has 0 aromatic carbocycles. The summed E-state index contributed by atoms with van der Waals surface area (Å²) in [6.45, 7) is 0.349. The van der Waals surface area contributed by atoms with Crippen molar-refractivity contribution in [1.29, 1.82) is 0 Å². The van der Waals surface area contributed by atoms with Crippen molar-refractivity contribution in [1.82, 2.24) is 0 Å². The number of nitrogens with zero attached hydrogens (tertiary/aromatic N) is 3. The second kappa shape index (κ2) is 8.34. The summed E-state index contributed by atoms with van der Waals surface area (Å²) in [5.41, 5.74) is 14.5. The molecule has 0 aliphatic carbocycles. The molecule has 1 aliphatic heterocycles. The summed E-state index contributed by atoms with van der Waals surface area (Å²) < 4.78 is 14.8. The number of carbonyl (C=O) groups excluding carboxylic acids is 2. The molecule has 0 bridgehead atoms. The van der Waals surface area contributed by atoms with E-state index in [1.807, 2.05) is 0 Å². The van der Waals surface area contributed by atoms with E-state index < -0.39 is 48.9 Å². The first kappa shape index (κ1) is 18.7. The van der Waals surface area contributed by atoms with Crippen molar-refractivity contribution in [2.75, 3.05) is 13.7 Å². The average molecular weight is 330 g/mol.